The number of carbonyl (C=O) groups is 2. The lowest BCUT2D eigenvalue weighted by Crippen LogP contribution is -2.29. The molecule has 0 fully saturated rings. The third-order valence-corrected chi connectivity index (χ3v) is 2.90. The molecule has 1 N–H and O–H groups in total. The van der Waals surface area contributed by atoms with Gasteiger partial charge in [-0.2, -0.15) is 13.2 Å². The molecule has 1 amide bonds. The van der Waals surface area contributed by atoms with Crippen LogP contribution in [0.3, 0.4) is 0 Å². The molecule has 0 aliphatic rings. The number of carboxylic acid groups (broad SMARTS) is 1. The number of carbonyl (C=O) groups excluding carboxylic acids is 1. The molecule has 0 aliphatic carbocycles. The molecule has 1 rings (SSSR count). The Kier molecular flexibility index (Phi) is 6.18. The van der Waals surface area contributed by atoms with E-state index in [0.717, 1.165) is 17.0 Å². The van der Waals surface area contributed by atoms with Gasteiger partial charge >= 0.3 is 12.1 Å². The van der Waals surface area contributed by atoms with Crippen molar-refractivity contribution in [3.8, 4) is 5.75 Å². The van der Waals surface area contributed by atoms with Crippen LogP contribution >= 0.6 is 0 Å². The number of nitrogens with zero attached hydrogens (tertiary/aromatic N) is 1. The minimum Gasteiger partial charge on any atom is -0.489 e. The van der Waals surface area contributed by atoms with Crippen molar-refractivity contribution in [3.63, 3.8) is 0 Å². The van der Waals surface area contributed by atoms with Crippen molar-refractivity contribution in [2.24, 2.45) is 0 Å². The number of benzene rings is 1. The molecule has 0 unspecified atom stereocenters. The molecule has 0 spiro atoms. The number of alkyl halides is 3. The molecule has 0 aromatic heterocycles. The fourth-order valence-electron chi connectivity index (χ4n) is 1.72. The molecule has 0 bridgehead atoms. The molecule has 0 atom stereocenters. The molecule has 5 nitrogen and oxygen atoms in total. The highest BCUT2D eigenvalue weighted by molar-refractivity contribution is 5.97. The van der Waals surface area contributed by atoms with Crippen molar-refractivity contribution in [1.29, 1.82) is 0 Å². The van der Waals surface area contributed by atoms with Crippen molar-refractivity contribution in [2.75, 3.05) is 20.2 Å². The Morgan fingerprint density at radius 2 is 2.04 bits per heavy atom. The summed E-state index contributed by atoms with van der Waals surface area (Å²) in [7, 11) is 1.31. The zero-order valence-electron chi connectivity index (χ0n) is 12.4. The molecular weight excluding hydrogens is 315 g/mol. The van der Waals surface area contributed by atoms with Gasteiger partial charge in [-0.1, -0.05) is 12.7 Å². The van der Waals surface area contributed by atoms with Gasteiger partial charge in [0.05, 0.1) is 17.5 Å². The first kappa shape index (κ1) is 18.5. The Balaban J connectivity index is 3.14. The summed E-state index contributed by atoms with van der Waals surface area (Å²) in [4.78, 5) is 23.8. The second-order valence-corrected chi connectivity index (χ2v) is 4.68. The van der Waals surface area contributed by atoms with Crippen LogP contribution in [-0.2, 0) is 11.0 Å². The van der Waals surface area contributed by atoms with E-state index in [4.69, 9.17) is 9.84 Å². The normalized spacial score (nSPS) is 11.0. The summed E-state index contributed by atoms with van der Waals surface area (Å²) in [5.74, 6) is -1.89. The topological polar surface area (TPSA) is 66.8 Å². The molecule has 1 aromatic carbocycles. The van der Waals surface area contributed by atoms with Gasteiger partial charge in [0.25, 0.3) is 5.91 Å². The van der Waals surface area contributed by atoms with E-state index in [2.05, 4.69) is 6.58 Å². The van der Waals surface area contributed by atoms with Crippen molar-refractivity contribution in [3.05, 3.63) is 42.0 Å². The molecule has 0 radical (unpaired) electrons. The standard InChI is InChI=1S/C15H16F3NO4/c1-3-8-23-12-5-4-10(15(16,17)18)9-11(12)14(22)19(2)7-6-13(20)21/h3-5,9H,1,6-8H2,2H3,(H,20,21). The van der Waals surface area contributed by atoms with Crippen molar-refractivity contribution in [1.82, 2.24) is 4.90 Å². The molecule has 0 saturated carbocycles. The number of hydrogen-bond donors (Lipinski definition) is 1. The smallest absolute Gasteiger partial charge is 0.416 e. The minimum atomic E-state index is -4.61. The third-order valence-electron chi connectivity index (χ3n) is 2.90. The SMILES string of the molecule is C=CCOc1ccc(C(F)(F)F)cc1C(=O)N(C)CCC(=O)O. The van der Waals surface area contributed by atoms with E-state index < -0.39 is 23.6 Å². The van der Waals surface area contributed by atoms with Crippen LogP contribution in [0.5, 0.6) is 5.75 Å². The second kappa shape index (κ2) is 7.66. The highest BCUT2D eigenvalue weighted by atomic mass is 19.4. The summed E-state index contributed by atoms with van der Waals surface area (Å²) in [6, 6.07) is 2.56. The monoisotopic (exact) mass is 331 g/mol. The molecule has 0 heterocycles. The lowest BCUT2D eigenvalue weighted by atomic mass is 10.1. The highest BCUT2D eigenvalue weighted by Crippen LogP contribution is 2.33. The predicted octanol–water partition coefficient (Wildman–Crippen LogP) is 2.82. The summed E-state index contributed by atoms with van der Waals surface area (Å²) in [6.07, 6.45) is -3.53. The Bertz CT molecular complexity index is 599. The molecule has 1 aromatic rings. The maximum atomic E-state index is 12.8. The lowest BCUT2D eigenvalue weighted by molar-refractivity contribution is -0.138. The highest BCUT2D eigenvalue weighted by Gasteiger charge is 2.32. The molecule has 0 saturated heterocycles. The van der Waals surface area contributed by atoms with Crippen LogP contribution < -0.4 is 4.74 Å². The van der Waals surface area contributed by atoms with Crippen LogP contribution in [0.1, 0.15) is 22.3 Å². The average molecular weight is 331 g/mol. The number of hydrogen-bond acceptors (Lipinski definition) is 3. The number of aliphatic carboxylic acids is 1. The number of rotatable bonds is 7. The average Bonchev–Trinajstić information content (AvgIpc) is 2.48. The molecular formula is C15H16F3NO4. The van der Waals surface area contributed by atoms with Gasteiger partial charge in [0.15, 0.2) is 0 Å². The molecule has 126 valence electrons. The van der Waals surface area contributed by atoms with E-state index in [1.807, 2.05) is 0 Å². The van der Waals surface area contributed by atoms with Gasteiger partial charge in [0.1, 0.15) is 12.4 Å². The second-order valence-electron chi connectivity index (χ2n) is 4.68. The van der Waals surface area contributed by atoms with E-state index in [1.165, 1.54) is 13.1 Å². The van der Waals surface area contributed by atoms with Gasteiger partial charge in [0.2, 0.25) is 0 Å². The predicted molar refractivity (Wildman–Crippen MR) is 76.3 cm³/mol. The number of ether oxygens (including phenoxy) is 1. The van der Waals surface area contributed by atoms with E-state index in [-0.39, 0.29) is 30.9 Å². The van der Waals surface area contributed by atoms with E-state index >= 15 is 0 Å². The van der Waals surface area contributed by atoms with Gasteiger partial charge < -0.3 is 14.7 Å². The maximum Gasteiger partial charge on any atom is 0.416 e. The Morgan fingerprint density at radius 1 is 1.39 bits per heavy atom. The Labute approximate surface area is 131 Å². The van der Waals surface area contributed by atoms with Crippen LogP contribution in [-0.4, -0.2) is 42.1 Å². The fraction of sp³-hybridized carbons (Fsp3) is 0.333. The van der Waals surface area contributed by atoms with E-state index in [1.54, 1.807) is 0 Å². The largest absolute Gasteiger partial charge is 0.489 e. The van der Waals surface area contributed by atoms with Crippen molar-refractivity contribution < 1.29 is 32.6 Å². The van der Waals surface area contributed by atoms with Crippen LogP contribution in [0.25, 0.3) is 0 Å². The summed E-state index contributed by atoms with van der Waals surface area (Å²) in [5, 5.41) is 8.61. The quantitative estimate of drug-likeness (QED) is 0.780. The maximum absolute atomic E-state index is 12.8. The van der Waals surface area contributed by atoms with E-state index in [9.17, 15) is 22.8 Å². The van der Waals surface area contributed by atoms with Gasteiger partial charge in [-0.25, -0.2) is 0 Å². The van der Waals surface area contributed by atoms with Gasteiger partial charge in [-0.15, -0.1) is 0 Å². The van der Waals surface area contributed by atoms with E-state index in [0.29, 0.717) is 6.07 Å². The van der Waals surface area contributed by atoms with Gasteiger partial charge in [-0.05, 0) is 18.2 Å². The third kappa shape index (κ3) is 5.32. The Hall–Kier alpha value is -2.51. The van der Waals surface area contributed by atoms with Crippen molar-refractivity contribution >= 4 is 11.9 Å². The fourth-order valence-corrected chi connectivity index (χ4v) is 1.72. The van der Waals surface area contributed by atoms with Crippen LogP contribution in [0.15, 0.2) is 30.9 Å². The van der Waals surface area contributed by atoms with Gasteiger partial charge in [-0.3, -0.25) is 9.59 Å². The first-order valence-corrected chi connectivity index (χ1v) is 6.59. The molecule has 0 aliphatic heterocycles. The van der Waals surface area contributed by atoms with Gasteiger partial charge in [0, 0.05) is 13.6 Å². The van der Waals surface area contributed by atoms with Crippen LogP contribution in [0.2, 0.25) is 0 Å². The summed E-state index contributed by atoms with van der Waals surface area (Å²) in [5.41, 5.74) is -1.27. The minimum absolute atomic E-state index is 0.0183. The zero-order chi connectivity index (χ0) is 17.6. The summed E-state index contributed by atoms with van der Waals surface area (Å²) in [6.45, 7) is 3.31. The molecule has 8 heteroatoms. The Morgan fingerprint density at radius 3 is 2.57 bits per heavy atom. The summed E-state index contributed by atoms with van der Waals surface area (Å²) >= 11 is 0. The molecule has 23 heavy (non-hydrogen) atoms. The lowest BCUT2D eigenvalue weighted by Gasteiger charge is -2.19. The zero-order valence-corrected chi connectivity index (χ0v) is 12.4. The first-order valence-electron chi connectivity index (χ1n) is 6.59. The van der Waals surface area contributed by atoms with Crippen molar-refractivity contribution in [2.45, 2.75) is 12.6 Å². The number of amides is 1. The number of halogens is 3. The van der Waals surface area contributed by atoms with Crippen LogP contribution in [0, 0.1) is 0 Å². The van der Waals surface area contributed by atoms with Crippen LogP contribution in [0.4, 0.5) is 13.2 Å². The number of carboxylic acids is 1. The first-order chi connectivity index (χ1) is 10.7. The summed E-state index contributed by atoms with van der Waals surface area (Å²) < 4.78 is 43.6.